The minimum absolute atomic E-state index is 0.109. The zero-order valence-corrected chi connectivity index (χ0v) is 21.3. The highest BCUT2D eigenvalue weighted by atomic mass is 32.2. The summed E-state index contributed by atoms with van der Waals surface area (Å²) < 4.78 is 5.58. The lowest BCUT2D eigenvalue weighted by atomic mass is 10.0. The number of carbonyl (C=O) groups is 5. The number of thioether (sulfide) groups is 1. The summed E-state index contributed by atoms with van der Waals surface area (Å²) >= 11 is 1.17. The molecule has 0 aliphatic carbocycles. The van der Waals surface area contributed by atoms with Gasteiger partial charge >= 0.3 is 23.8 Å². The van der Waals surface area contributed by atoms with E-state index in [1.165, 1.54) is 11.8 Å². The lowest BCUT2D eigenvalue weighted by Crippen LogP contribution is -2.71. The number of carboxylic acids is 1. The molecule has 2 aliphatic heterocycles. The molecule has 2 aromatic carbocycles. The highest BCUT2D eigenvalue weighted by molar-refractivity contribution is 8.00. The third kappa shape index (κ3) is 4.77. The average Bonchev–Trinajstić information content (AvgIpc) is 3.28. The molecule has 3 atom stereocenters. The molecule has 0 spiro atoms. The summed E-state index contributed by atoms with van der Waals surface area (Å²) in [4.78, 5) is 78.7. The van der Waals surface area contributed by atoms with Gasteiger partial charge in [-0.2, -0.15) is 0 Å². The van der Waals surface area contributed by atoms with Crippen LogP contribution in [0.15, 0.2) is 70.7 Å². The van der Waals surface area contributed by atoms with Crippen molar-refractivity contribution in [3.63, 3.8) is 0 Å². The zero-order chi connectivity index (χ0) is 28.6. The van der Waals surface area contributed by atoms with Crippen LogP contribution in [0.25, 0.3) is 11.0 Å². The van der Waals surface area contributed by atoms with Crippen LogP contribution in [0.1, 0.15) is 11.6 Å². The van der Waals surface area contributed by atoms with E-state index in [2.05, 4.69) is 15.6 Å². The Hall–Kier alpha value is -5.05. The summed E-state index contributed by atoms with van der Waals surface area (Å²) in [5.74, 6) is -2.72. The fourth-order valence-corrected chi connectivity index (χ4v) is 5.91. The number of hydrogen-bond donors (Lipinski definition) is 5. The second kappa shape index (κ2) is 10.6. The maximum atomic E-state index is 13.5. The lowest BCUT2D eigenvalue weighted by molar-refractivity contribution is -0.151. The van der Waals surface area contributed by atoms with Crippen LogP contribution in [-0.4, -0.2) is 73.2 Å². The van der Waals surface area contributed by atoms with E-state index in [-0.39, 0.29) is 17.0 Å². The summed E-state index contributed by atoms with van der Waals surface area (Å²) in [7, 11) is 0. The first-order chi connectivity index (χ1) is 19.2. The van der Waals surface area contributed by atoms with Crippen molar-refractivity contribution in [1.29, 1.82) is 0 Å². The number of β-lactam (4-membered cyclic amide) rings is 1. The molecule has 15 heteroatoms. The largest absolute Gasteiger partial charge is 0.477 e. The van der Waals surface area contributed by atoms with E-state index < -0.39 is 59.7 Å². The fourth-order valence-electron chi connectivity index (χ4n) is 4.58. The van der Waals surface area contributed by atoms with Crippen LogP contribution in [-0.2, 0) is 19.1 Å². The smallest absolute Gasteiger partial charge is 0.404 e. The van der Waals surface area contributed by atoms with Gasteiger partial charge in [-0.1, -0.05) is 42.5 Å². The molecule has 0 saturated carbocycles. The molecule has 5 rings (SSSR count). The number of nitrogens with two attached hydrogens (primary N) is 1. The van der Waals surface area contributed by atoms with Crippen LogP contribution in [0.5, 0.6) is 0 Å². The number of hydrogen-bond acceptors (Lipinski definition) is 8. The Labute approximate surface area is 229 Å². The van der Waals surface area contributed by atoms with Gasteiger partial charge in [-0.15, -0.1) is 11.8 Å². The molecule has 0 bridgehead atoms. The maximum Gasteiger partial charge on any atom is 0.404 e. The fraction of sp³-hybridized carbons (Fsp3) is 0.200. The van der Waals surface area contributed by atoms with E-state index in [4.69, 9.17) is 10.5 Å². The second-order valence-electron chi connectivity index (χ2n) is 8.84. The quantitative estimate of drug-likeness (QED) is 0.252. The van der Waals surface area contributed by atoms with Gasteiger partial charge in [-0.05, 0) is 17.7 Å². The van der Waals surface area contributed by atoms with Crippen LogP contribution >= 0.6 is 11.8 Å². The van der Waals surface area contributed by atoms with E-state index in [0.717, 1.165) is 9.47 Å². The first kappa shape index (κ1) is 26.6. The molecule has 40 heavy (non-hydrogen) atoms. The minimum Gasteiger partial charge on any atom is -0.477 e. The Morgan fingerprint density at radius 1 is 1.10 bits per heavy atom. The van der Waals surface area contributed by atoms with Crippen LogP contribution in [0.2, 0.25) is 0 Å². The van der Waals surface area contributed by atoms with Crippen molar-refractivity contribution in [3.05, 3.63) is 81.9 Å². The number of nitrogens with one attached hydrogen (secondary N) is 3. The number of imidazole rings is 1. The Morgan fingerprint density at radius 2 is 1.80 bits per heavy atom. The highest BCUT2D eigenvalue weighted by Gasteiger charge is 2.54. The molecule has 6 N–H and O–H groups in total. The van der Waals surface area contributed by atoms with Gasteiger partial charge in [0.05, 0.1) is 11.0 Å². The number of amides is 4. The average molecular weight is 567 g/mol. The van der Waals surface area contributed by atoms with Crippen molar-refractivity contribution < 1.29 is 33.8 Å². The van der Waals surface area contributed by atoms with Gasteiger partial charge < -0.3 is 31.2 Å². The minimum atomic E-state index is -1.40. The molecule has 1 aromatic heterocycles. The van der Waals surface area contributed by atoms with Gasteiger partial charge in [0, 0.05) is 11.3 Å². The lowest BCUT2D eigenvalue weighted by Gasteiger charge is -2.49. The number of primary amides is 1. The molecule has 0 radical (unpaired) electrons. The maximum absolute atomic E-state index is 13.5. The van der Waals surface area contributed by atoms with Gasteiger partial charge in [-0.25, -0.2) is 23.7 Å². The van der Waals surface area contributed by atoms with Crippen LogP contribution in [0.4, 0.5) is 9.59 Å². The van der Waals surface area contributed by atoms with Crippen LogP contribution in [0, 0.1) is 0 Å². The number of carboxylic acid groups (broad SMARTS) is 1. The van der Waals surface area contributed by atoms with Crippen molar-refractivity contribution in [2.75, 3.05) is 12.4 Å². The zero-order valence-electron chi connectivity index (χ0n) is 20.5. The number of H-pyrrole nitrogens is 1. The molecule has 206 valence electrons. The number of ether oxygens (including phenoxy) is 1. The number of aromatic amines is 1. The third-order valence-corrected chi connectivity index (χ3v) is 7.73. The van der Waals surface area contributed by atoms with Crippen LogP contribution in [0.3, 0.4) is 0 Å². The number of benzene rings is 2. The number of carbonyl (C=O) groups excluding carboxylic acids is 4. The van der Waals surface area contributed by atoms with Gasteiger partial charge in [0.2, 0.25) is 5.91 Å². The summed E-state index contributed by atoms with van der Waals surface area (Å²) in [6, 6.07) is 11.5. The Morgan fingerprint density at radius 3 is 2.50 bits per heavy atom. The number of aliphatic carboxylic acids is 1. The van der Waals surface area contributed by atoms with Crippen molar-refractivity contribution in [3.8, 4) is 0 Å². The molecule has 1 saturated heterocycles. The van der Waals surface area contributed by atoms with Gasteiger partial charge in [-0.3, -0.25) is 14.5 Å². The Balaban J connectivity index is 1.38. The van der Waals surface area contributed by atoms with Crippen molar-refractivity contribution in [1.82, 2.24) is 25.1 Å². The topological polar surface area (TPSA) is 206 Å². The van der Waals surface area contributed by atoms with E-state index in [9.17, 15) is 33.9 Å². The predicted octanol–water partition coefficient (Wildman–Crippen LogP) is 0.463. The highest BCUT2D eigenvalue weighted by Crippen LogP contribution is 2.40. The predicted molar refractivity (Wildman–Crippen MR) is 141 cm³/mol. The number of nitrogens with zero attached hydrogens (tertiary/aromatic N) is 2. The third-order valence-electron chi connectivity index (χ3n) is 6.39. The van der Waals surface area contributed by atoms with E-state index in [1.807, 2.05) is 0 Å². The van der Waals surface area contributed by atoms with E-state index >= 15 is 0 Å². The summed E-state index contributed by atoms with van der Waals surface area (Å²) in [5.41, 5.74) is 5.25. The normalized spacial score (nSPS) is 18.9. The molecular weight excluding hydrogens is 544 g/mol. The molecule has 3 aromatic rings. The molecular formula is C25H22N6O8S. The molecule has 1 fully saturated rings. The van der Waals surface area contributed by atoms with E-state index in [1.54, 1.807) is 54.6 Å². The SMILES string of the molecule is NC(=O)OCC1=C(C(=O)O)N2C(=O)C(NC(=O)C(NC(=O)n3c(=O)[nH]c4ccccc43)c3ccccc3)[C@@H]2SC1. The van der Waals surface area contributed by atoms with Gasteiger partial charge in [0.25, 0.3) is 5.91 Å². The standard InChI is InChI=1S/C25H22N6O8S/c26-23(36)39-10-13-11-40-21-17(20(33)31(21)18(13)22(34)35)28-19(32)16(12-6-2-1-3-7-12)29-25(38)30-15-9-5-4-8-14(15)27-24(30)37/h1-9,16-17,21H,10-11H2,(H2,26,36)(H,27,37)(H,28,32)(H,29,38)(H,34,35)/t16?,17?,21-/m0/s1. The molecule has 2 unspecified atom stereocenters. The summed E-state index contributed by atoms with van der Waals surface area (Å²) in [5, 5.41) is 14.1. The first-order valence-electron chi connectivity index (χ1n) is 11.9. The molecule has 3 heterocycles. The Bertz CT molecular complexity index is 1630. The van der Waals surface area contributed by atoms with Gasteiger partial charge in [0.15, 0.2) is 0 Å². The van der Waals surface area contributed by atoms with E-state index in [0.29, 0.717) is 16.6 Å². The first-order valence-corrected chi connectivity index (χ1v) is 12.9. The monoisotopic (exact) mass is 566 g/mol. The number of fused-ring (bicyclic) bond motifs is 2. The van der Waals surface area contributed by atoms with Crippen molar-refractivity contribution in [2.45, 2.75) is 17.5 Å². The number of para-hydroxylation sites is 2. The van der Waals surface area contributed by atoms with Crippen LogP contribution < -0.4 is 22.1 Å². The summed E-state index contributed by atoms with van der Waals surface area (Å²) in [6.45, 7) is -0.396. The van der Waals surface area contributed by atoms with Crippen molar-refractivity contribution in [2.24, 2.45) is 5.73 Å². The molecule has 14 nitrogen and oxygen atoms in total. The number of aromatic nitrogens is 2. The molecule has 4 amide bonds. The Kier molecular flexibility index (Phi) is 7.04. The van der Waals surface area contributed by atoms with Gasteiger partial charge in [0.1, 0.15) is 29.8 Å². The van der Waals surface area contributed by atoms with Crippen molar-refractivity contribution >= 4 is 52.7 Å². The second-order valence-corrected chi connectivity index (χ2v) is 9.94. The summed E-state index contributed by atoms with van der Waals surface area (Å²) in [6.07, 6.45) is -1.09. The number of rotatable bonds is 7. The molecule has 2 aliphatic rings.